The summed E-state index contributed by atoms with van der Waals surface area (Å²) in [5.74, 6) is 0.844. The fraction of sp³-hybridized carbons (Fsp3) is 0.278. The van der Waals surface area contributed by atoms with Crippen molar-refractivity contribution < 1.29 is 9.53 Å². The quantitative estimate of drug-likeness (QED) is 0.719. The molecule has 0 spiro atoms. The van der Waals surface area contributed by atoms with Crippen LogP contribution >= 0.6 is 11.6 Å². The predicted octanol–water partition coefficient (Wildman–Crippen LogP) is 5.09. The van der Waals surface area contributed by atoms with E-state index in [2.05, 4.69) is 13.8 Å². The van der Waals surface area contributed by atoms with Gasteiger partial charge < -0.3 is 4.74 Å². The summed E-state index contributed by atoms with van der Waals surface area (Å²) in [4.78, 5) is 12.8. The lowest BCUT2D eigenvalue weighted by Gasteiger charge is -2.13. The van der Waals surface area contributed by atoms with Crippen molar-refractivity contribution in [1.29, 1.82) is 0 Å². The number of hydrogen-bond donors (Lipinski definition) is 0. The van der Waals surface area contributed by atoms with Crippen molar-refractivity contribution >= 4 is 17.4 Å². The van der Waals surface area contributed by atoms with Gasteiger partial charge in [0.1, 0.15) is 5.75 Å². The highest BCUT2D eigenvalue weighted by molar-refractivity contribution is 6.35. The van der Waals surface area contributed by atoms with Crippen molar-refractivity contribution in [3.05, 3.63) is 64.2 Å². The minimum absolute atomic E-state index is 0.105. The highest BCUT2D eigenvalue weighted by Gasteiger charge is 2.18. The molecule has 0 bridgehead atoms. The highest BCUT2D eigenvalue weighted by Crippen LogP contribution is 2.28. The largest absolute Gasteiger partial charge is 0.493 e. The van der Waals surface area contributed by atoms with E-state index in [4.69, 9.17) is 16.3 Å². The standard InChI is InChI=1S/C18H19ClO2/c1-4-21-17-10-9-13(12(2)3)11-15(17)18(20)14-7-5-6-8-16(14)19/h5-12H,4H2,1-3H3. The third-order valence-corrected chi connectivity index (χ3v) is 3.66. The second-order valence-corrected chi connectivity index (χ2v) is 5.56. The first-order valence-electron chi connectivity index (χ1n) is 7.10. The van der Waals surface area contributed by atoms with E-state index in [0.29, 0.717) is 34.4 Å². The molecule has 0 fully saturated rings. The molecule has 0 saturated heterocycles. The minimum atomic E-state index is -0.105. The summed E-state index contributed by atoms with van der Waals surface area (Å²) in [6.07, 6.45) is 0. The first kappa shape index (κ1) is 15.6. The molecule has 0 aliphatic rings. The summed E-state index contributed by atoms with van der Waals surface area (Å²) in [6.45, 7) is 6.61. The molecule has 0 aliphatic carbocycles. The van der Waals surface area contributed by atoms with Gasteiger partial charge in [-0.2, -0.15) is 0 Å². The summed E-state index contributed by atoms with van der Waals surface area (Å²) in [5, 5.41) is 0.458. The molecule has 3 heteroatoms. The predicted molar refractivity (Wildman–Crippen MR) is 86.6 cm³/mol. The van der Waals surface area contributed by atoms with Crippen molar-refractivity contribution in [2.24, 2.45) is 0 Å². The van der Waals surface area contributed by atoms with Crippen LogP contribution in [0.4, 0.5) is 0 Å². The van der Waals surface area contributed by atoms with Crippen LogP contribution in [-0.4, -0.2) is 12.4 Å². The van der Waals surface area contributed by atoms with Gasteiger partial charge in [-0.25, -0.2) is 0 Å². The number of ether oxygens (including phenoxy) is 1. The zero-order valence-corrected chi connectivity index (χ0v) is 13.3. The molecular weight excluding hydrogens is 284 g/mol. The molecule has 0 unspecified atom stereocenters. The van der Waals surface area contributed by atoms with Gasteiger partial charge in [0.15, 0.2) is 5.78 Å². The lowest BCUT2D eigenvalue weighted by molar-refractivity contribution is 0.103. The van der Waals surface area contributed by atoms with Crippen molar-refractivity contribution in [3.8, 4) is 5.75 Å². The molecular formula is C18H19ClO2. The van der Waals surface area contributed by atoms with Crippen molar-refractivity contribution in [2.75, 3.05) is 6.61 Å². The van der Waals surface area contributed by atoms with Crippen LogP contribution in [0, 0.1) is 0 Å². The average Bonchev–Trinajstić information content (AvgIpc) is 2.47. The Morgan fingerprint density at radius 3 is 2.48 bits per heavy atom. The molecule has 0 atom stereocenters. The number of carbonyl (C=O) groups is 1. The molecule has 2 nitrogen and oxygen atoms in total. The highest BCUT2D eigenvalue weighted by atomic mass is 35.5. The van der Waals surface area contributed by atoms with Crippen LogP contribution in [0.5, 0.6) is 5.75 Å². The smallest absolute Gasteiger partial charge is 0.198 e. The molecule has 0 saturated carbocycles. The Balaban J connectivity index is 2.52. The summed E-state index contributed by atoms with van der Waals surface area (Å²) >= 11 is 6.14. The van der Waals surface area contributed by atoms with E-state index in [-0.39, 0.29) is 5.78 Å². The molecule has 21 heavy (non-hydrogen) atoms. The van der Waals surface area contributed by atoms with Crippen molar-refractivity contribution in [1.82, 2.24) is 0 Å². The molecule has 2 rings (SSSR count). The Bertz CT molecular complexity index is 647. The Labute approximate surface area is 130 Å². The first-order chi connectivity index (χ1) is 10.0. The third-order valence-electron chi connectivity index (χ3n) is 3.33. The van der Waals surface area contributed by atoms with Crippen molar-refractivity contribution in [3.63, 3.8) is 0 Å². The third kappa shape index (κ3) is 3.45. The number of halogens is 1. The lowest BCUT2D eigenvalue weighted by atomic mass is 9.96. The van der Waals surface area contributed by atoms with E-state index in [9.17, 15) is 4.79 Å². The monoisotopic (exact) mass is 302 g/mol. The molecule has 0 N–H and O–H groups in total. The van der Waals surface area contributed by atoms with Gasteiger partial charge in [-0.15, -0.1) is 0 Å². The zero-order valence-electron chi connectivity index (χ0n) is 12.5. The van der Waals surface area contributed by atoms with Gasteiger partial charge >= 0.3 is 0 Å². The number of ketones is 1. The maximum atomic E-state index is 12.8. The molecule has 2 aromatic carbocycles. The summed E-state index contributed by atoms with van der Waals surface area (Å²) in [7, 11) is 0. The van der Waals surface area contributed by atoms with Crippen LogP contribution < -0.4 is 4.74 Å². The molecule has 0 aromatic heterocycles. The summed E-state index contributed by atoms with van der Waals surface area (Å²) in [5.41, 5.74) is 2.17. The Hall–Kier alpha value is -1.80. The Morgan fingerprint density at radius 1 is 1.14 bits per heavy atom. The fourth-order valence-corrected chi connectivity index (χ4v) is 2.38. The normalized spacial score (nSPS) is 10.7. The van der Waals surface area contributed by atoms with Gasteiger partial charge in [0.25, 0.3) is 0 Å². The van der Waals surface area contributed by atoms with Gasteiger partial charge in [-0.05, 0) is 42.7 Å². The van der Waals surface area contributed by atoms with Crippen LogP contribution in [-0.2, 0) is 0 Å². The fourth-order valence-electron chi connectivity index (χ4n) is 2.16. The van der Waals surface area contributed by atoms with Gasteiger partial charge in [-0.3, -0.25) is 4.79 Å². The van der Waals surface area contributed by atoms with Gasteiger partial charge in [-0.1, -0.05) is 43.6 Å². The van der Waals surface area contributed by atoms with E-state index in [1.807, 2.05) is 37.3 Å². The Morgan fingerprint density at radius 2 is 1.86 bits per heavy atom. The summed E-state index contributed by atoms with van der Waals surface area (Å²) in [6, 6.07) is 12.9. The number of rotatable bonds is 5. The zero-order chi connectivity index (χ0) is 15.4. The Kier molecular flexibility index (Phi) is 5.03. The van der Waals surface area contributed by atoms with Crippen LogP contribution in [0.1, 0.15) is 48.2 Å². The van der Waals surface area contributed by atoms with E-state index in [1.54, 1.807) is 12.1 Å². The maximum Gasteiger partial charge on any atom is 0.198 e. The topological polar surface area (TPSA) is 26.3 Å². The van der Waals surface area contributed by atoms with E-state index in [0.717, 1.165) is 5.56 Å². The van der Waals surface area contributed by atoms with Crippen LogP contribution in [0.3, 0.4) is 0 Å². The number of hydrogen-bond acceptors (Lipinski definition) is 2. The van der Waals surface area contributed by atoms with Gasteiger partial charge in [0.05, 0.1) is 17.2 Å². The van der Waals surface area contributed by atoms with Crippen molar-refractivity contribution in [2.45, 2.75) is 26.7 Å². The second kappa shape index (κ2) is 6.77. The maximum absolute atomic E-state index is 12.8. The molecule has 0 aliphatic heterocycles. The lowest BCUT2D eigenvalue weighted by Crippen LogP contribution is -2.07. The number of benzene rings is 2. The number of carbonyl (C=O) groups excluding carboxylic acids is 1. The molecule has 0 heterocycles. The molecule has 2 aromatic rings. The van der Waals surface area contributed by atoms with E-state index >= 15 is 0 Å². The second-order valence-electron chi connectivity index (χ2n) is 5.15. The van der Waals surface area contributed by atoms with Crippen LogP contribution in [0.25, 0.3) is 0 Å². The van der Waals surface area contributed by atoms with Gasteiger partial charge in [0.2, 0.25) is 0 Å². The average molecular weight is 303 g/mol. The van der Waals surface area contributed by atoms with Crippen LogP contribution in [0.15, 0.2) is 42.5 Å². The summed E-state index contributed by atoms with van der Waals surface area (Å²) < 4.78 is 5.59. The first-order valence-corrected chi connectivity index (χ1v) is 7.48. The van der Waals surface area contributed by atoms with Gasteiger partial charge in [0, 0.05) is 5.56 Å². The van der Waals surface area contributed by atoms with Crippen LogP contribution in [0.2, 0.25) is 5.02 Å². The SMILES string of the molecule is CCOc1ccc(C(C)C)cc1C(=O)c1ccccc1Cl. The molecule has 0 radical (unpaired) electrons. The molecule has 110 valence electrons. The minimum Gasteiger partial charge on any atom is -0.493 e. The van der Waals surface area contributed by atoms with E-state index in [1.165, 1.54) is 0 Å². The molecule has 0 amide bonds. The van der Waals surface area contributed by atoms with E-state index < -0.39 is 0 Å².